The first kappa shape index (κ1) is 21.1. The highest BCUT2D eigenvalue weighted by Gasteiger charge is 2.10. The van der Waals surface area contributed by atoms with Gasteiger partial charge in [0.15, 0.2) is 23.9 Å². The van der Waals surface area contributed by atoms with Crippen LogP contribution in [0.3, 0.4) is 0 Å². The fourth-order valence-corrected chi connectivity index (χ4v) is 2.80. The maximum absolute atomic E-state index is 11.9. The fourth-order valence-electron chi connectivity index (χ4n) is 2.80. The van der Waals surface area contributed by atoms with Crippen molar-refractivity contribution in [1.82, 2.24) is 25.3 Å². The zero-order chi connectivity index (χ0) is 21.5. The van der Waals surface area contributed by atoms with E-state index in [9.17, 15) is 4.79 Å². The number of hydrogen-bond donors (Lipinski definition) is 2. The number of aromatic nitrogens is 4. The lowest BCUT2D eigenvalue weighted by Crippen LogP contribution is -2.32. The lowest BCUT2D eigenvalue weighted by atomic mass is 10.2. The molecule has 3 rings (SSSR count). The summed E-state index contributed by atoms with van der Waals surface area (Å²) < 4.78 is 12.5. The number of anilines is 1. The van der Waals surface area contributed by atoms with Gasteiger partial charge in [-0.25, -0.2) is 4.68 Å². The zero-order valence-electron chi connectivity index (χ0n) is 17.6. The van der Waals surface area contributed by atoms with Crippen molar-refractivity contribution in [2.75, 3.05) is 32.1 Å². The molecule has 0 fully saturated rings. The summed E-state index contributed by atoms with van der Waals surface area (Å²) in [4.78, 5) is 11.9. The van der Waals surface area contributed by atoms with Crippen LogP contribution in [0.2, 0.25) is 0 Å². The first-order chi connectivity index (χ1) is 14.5. The van der Waals surface area contributed by atoms with Crippen LogP contribution < -0.4 is 20.1 Å². The van der Waals surface area contributed by atoms with E-state index in [0.717, 1.165) is 17.0 Å². The molecule has 0 radical (unpaired) electrons. The molecular weight excluding hydrogens is 384 g/mol. The molecule has 9 heteroatoms. The molecule has 2 aromatic heterocycles. The average molecular weight is 410 g/mol. The van der Waals surface area contributed by atoms with Crippen molar-refractivity contribution >= 4 is 11.7 Å². The largest absolute Gasteiger partial charge is 0.493 e. The summed E-state index contributed by atoms with van der Waals surface area (Å²) in [6.45, 7) is 6.85. The van der Waals surface area contributed by atoms with Gasteiger partial charge in [0.2, 0.25) is 0 Å². The number of nitrogens with zero attached hydrogens (tertiary/aromatic N) is 4. The minimum absolute atomic E-state index is 0.0864. The minimum Gasteiger partial charge on any atom is -0.493 e. The van der Waals surface area contributed by atoms with Crippen molar-refractivity contribution < 1.29 is 14.3 Å². The molecule has 0 aliphatic rings. The molecule has 0 unspecified atom stereocenters. The number of amides is 1. The molecule has 0 spiro atoms. The van der Waals surface area contributed by atoms with Crippen molar-refractivity contribution in [2.24, 2.45) is 0 Å². The van der Waals surface area contributed by atoms with Crippen LogP contribution in [0, 0.1) is 20.8 Å². The van der Waals surface area contributed by atoms with Crippen LogP contribution in [-0.2, 0) is 4.79 Å². The summed E-state index contributed by atoms with van der Waals surface area (Å²) in [5.74, 6) is 2.18. The van der Waals surface area contributed by atoms with E-state index in [0.29, 0.717) is 36.2 Å². The third-order valence-corrected chi connectivity index (χ3v) is 4.70. The van der Waals surface area contributed by atoms with Gasteiger partial charge in [0.1, 0.15) is 5.82 Å². The van der Waals surface area contributed by atoms with Crippen LogP contribution >= 0.6 is 0 Å². The Hall–Kier alpha value is -3.62. The number of para-hydroxylation sites is 2. The average Bonchev–Trinajstić information content (AvgIpc) is 3.03. The molecule has 2 heterocycles. The summed E-state index contributed by atoms with van der Waals surface area (Å²) in [7, 11) is 1.56. The number of methoxy groups -OCH3 is 1. The first-order valence-corrected chi connectivity index (χ1v) is 9.63. The Labute approximate surface area is 175 Å². The Morgan fingerprint density at radius 2 is 1.80 bits per heavy atom. The standard InChI is InChI=1S/C21H26N6O3/c1-14-15(2)26-27(16(14)3)20-10-9-19(24-25-20)22-11-12-23-21(28)13-30-18-8-6-5-7-17(18)29-4/h5-10H,11-13H2,1-4H3,(H,22,24)(H,23,28). The van der Waals surface area contributed by atoms with E-state index in [1.54, 1.807) is 23.9 Å². The van der Waals surface area contributed by atoms with E-state index in [1.165, 1.54) is 0 Å². The summed E-state index contributed by atoms with van der Waals surface area (Å²) in [6, 6.07) is 10.9. The van der Waals surface area contributed by atoms with Crippen LogP contribution in [0.25, 0.3) is 5.82 Å². The van der Waals surface area contributed by atoms with E-state index < -0.39 is 0 Å². The van der Waals surface area contributed by atoms with E-state index >= 15 is 0 Å². The van der Waals surface area contributed by atoms with E-state index in [4.69, 9.17) is 9.47 Å². The summed E-state index contributed by atoms with van der Waals surface area (Å²) >= 11 is 0. The number of hydrogen-bond acceptors (Lipinski definition) is 7. The zero-order valence-corrected chi connectivity index (χ0v) is 17.6. The van der Waals surface area contributed by atoms with Crippen LogP contribution in [0.5, 0.6) is 11.5 Å². The number of rotatable bonds is 9. The number of aryl methyl sites for hydroxylation is 1. The minimum atomic E-state index is -0.218. The van der Waals surface area contributed by atoms with Crippen molar-refractivity contribution in [2.45, 2.75) is 20.8 Å². The topological polar surface area (TPSA) is 103 Å². The van der Waals surface area contributed by atoms with Gasteiger partial charge in [0.05, 0.1) is 12.8 Å². The summed E-state index contributed by atoms with van der Waals surface area (Å²) in [5, 5.41) is 18.8. The molecule has 0 aliphatic heterocycles. The molecular formula is C21H26N6O3. The SMILES string of the molecule is COc1ccccc1OCC(=O)NCCNc1ccc(-n2nc(C)c(C)c2C)nn1. The van der Waals surface area contributed by atoms with Gasteiger partial charge in [-0.3, -0.25) is 4.79 Å². The first-order valence-electron chi connectivity index (χ1n) is 9.63. The van der Waals surface area contributed by atoms with Gasteiger partial charge in [-0.1, -0.05) is 12.1 Å². The lowest BCUT2D eigenvalue weighted by Gasteiger charge is -2.11. The quantitative estimate of drug-likeness (QED) is 0.521. The number of benzene rings is 1. The Morgan fingerprint density at radius 1 is 1.03 bits per heavy atom. The molecule has 2 N–H and O–H groups in total. The molecule has 3 aromatic rings. The summed E-state index contributed by atoms with van der Waals surface area (Å²) in [5.41, 5.74) is 3.16. The van der Waals surface area contributed by atoms with Gasteiger partial charge in [0, 0.05) is 18.8 Å². The van der Waals surface area contributed by atoms with Crippen molar-refractivity contribution in [3.8, 4) is 17.3 Å². The van der Waals surface area contributed by atoms with Gasteiger partial charge < -0.3 is 20.1 Å². The highest BCUT2D eigenvalue weighted by molar-refractivity contribution is 5.77. The molecule has 158 valence electrons. The predicted molar refractivity (Wildman–Crippen MR) is 113 cm³/mol. The monoisotopic (exact) mass is 410 g/mol. The number of ether oxygens (including phenoxy) is 2. The molecule has 1 amide bonds. The maximum Gasteiger partial charge on any atom is 0.258 e. The number of carbonyl (C=O) groups excluding carboxylic acids is 1. The lowest BCUT2D eigenvalue weighted by molar-refractivity contribution is -0.123. The van der Waals surface area contributed by atoms with Crippen molar-refractivity contribution in [3.05, 3.63) is 53.3 Å². The van der Waals surface area contributed by atoms with E-state index in [2.05, 4.69) is 25.9 Å². The molecule has 9 nitrogen and oxygen atoms in total. The predicted octanol–water partition coefficient (Wildman–Crippen LogP) is 2.20. The van der Waals surface area contributed by atoms with Crippen molar-refractivity contribution in [1.29, 1.82) is 0 Å². The molecule has 0 aliphatic carbocycles. The Balaban J connectivity index is 1.42. The van der Waals surface area contributed by atoms with E-state index in [1.807, 2.05) is 45.0 Å². The van der Waals surface area contributed by atoms with Gasteiger partial charge in [-0.05, 0) is 50.6 Å². The Bertz CT molecular complexity index is 1000. The van der Waals surface area contributed by atoms with Gasteiger partial charge in [-0.15, -0.1) is 10.2 Å². The second-order valence-electron chi connectivity index (χ2n) is 6.70. The second-order valence-corrected chi connectivity index (χ2v) is 6.70. The fraction of sp³-hybridized carbons (Fsp3) is 0.333. The van der Waals surface area contributed by atoms with Gasteiger partial charge >= 0.3 is 0 Å². The third-order valence-electron chi connectivity index (χ3n) is 4.70. The van der Waals surface area contributed by atoms with Gasteiger partial charge in [-0.2, -0.15) is 5.10 Å². The molecule has 0 bridgehead atoms. The van der Waals surface area contributed by atoms with Gasteiger partial charge in [0.25, 0.3) is 5.91 Å². The maximum atomic E-state index is 11.9. The molecule has 0 saturated heterocycles. The second kappa shape index (κ2) is 9.73. The molecule has 30 heavy (non-hydrogen) atoms. The van der Waals surface area contributed by atoms with Crippen LogP contribution in [0.15, 0.2) is 36.4 Å². The summed E-state index contributed by atoms with van der Waals surface area (Å²) in [6.07, 6.45) is 0. The smallest absolute Gasteiger partial charge is 0.258 e. The van der Waals surface area contributed by atoms with Crippen LogP contribution in [-0.4, -0.2) is 52.7 Å². The van der Waals surface area contributed by atoms with Crippen LogP contribution in [0.4, 0.5) is 5.82 Å². The molecule has 0 saturated carbocycles. The van der Waals surface area contributed by atoms with E-state index in [-0.39, 0.29) is 12.5 Å². The normalized spacial score (nSPS) is 10.5. The molecule has 1 aromatic carbocycles. The van der Waals surface area contributed by atoms with Crippen molar-refractivity contribution in [3.63, 3.8) is 0 Å². The number of nitrogens with one attached hydrogen (secondary N) is 2. The molecule has 0 atom stereocenters. The Kier molecular flexibility index (Phi) is 6.84. The highest BCUT2D eigenvalue weighted by Crippen LogP contribution is 2.25. The third kappa shape index (κ3) is 5.05. The number of carbonyl (C=O) groups is 1. The highest BCUT2D eigenvalue weighted by atomic mass is 16.5. The Morgan fingerprint density at radius 3 is 2.43 bits per heavy atom. The van der Waals surface area contributed by atoms with Crippen LogP contribution in [0.1, 0.15) is 17.0 Å².